The number of nitrogens with one attached hydrogen (secondary N) is 1. The number of hydrogen-bond acceptors (Lipinski definition) is 3. The third-order valence-electron chi connectivity index (χ3n) is 3.25. The Bertz CT molecular complexity index is 688. The second-order valence-corrected chi connectivity index (χ2v) is 4.75. The molecule has 0 radical (unpaired) electrons. The van der Waals surface area contributed by atoms with Crippen LogP contribution in [0.25, 0.3) is 11.2 Å². The van der Waals surface area contributed by atoms with Gasteiger partial charge >= 0.3 is 0 Å². The minimum Gasteiger partial charge on any atom is -0.378 e. The Morgan fingerprint density at radius 3 is 2.75 bits per heavy atom. The van der Waals surface area contributed by atoms with Gasteiger partial charge in [-0.3, -0.25) is 0 Å². The summed E-state index contributed by atoms with van der Waals surface area (Å²) >= 11 is 0. The van der Waals surface area contributed by atoms with Gasteiger partial charge in [-0.05, 0) is 30.7 Å². The second kappa shape index (κ2) is 5.74. The molecule has 2 aromatic heterocycles. The first-order chi connectivity index (χ1) is 9.88. The van der Waals surface area contributed by atoms with Gasteiger partial charge in [0.05, 0.1) is 6.54 Å². The van der Waals surface area contributed by atoms with E-state index in [1.165, 1.54) is 0 Å². The number of nitrogens with zero attached hydrogens (tertiary/aromatic N) is 3. The molecule has 3 aromatic rings. The molecule has 3 rings (SSSR count). The zero-order valence-corrected chi connectivity index (χ0v) is 11.6. The van der Waals surface area contributed by atoms with Crippen LogP contribution in [0.4, 0.5) is 5.69 Å². The van der Waals surface area contributed by atoms with Crippen molar-refractivity contribution in [1.82, 2.24) is 14.5 Å². The molecular weight excluding hydrogens is 248 g/mol. The topological polar surface area (TPSA) is 42.7 Å². The van der Waals surface area contributed by atoms with E-state index in [1.807, 2.05) is 36.5 Å². The molecule has 102 valence electrons. The number of anilines is 1. The molecule has 0 spiro atoms. The first kappa shape index (κ1) is 12.7. The standard InChI is InChI=1S/C16H18N4/c1-2-11-20-15(12-18-13-7-4-3-5-8-13)19-14-9-6-10-17-16(14)20/h3-10,18H,2,11-12H2,1H3. The Hall–Kier alpha value is -2.36. The van der Waals surface area contributed by atoms with Gasteiger partial charge < -0.3 is 9.88 Å². The van der Waals surface area contributed by atoms with Crippen LogP contribution >= 0.6 is 0 Å². The molecule has 0 aliphatic rings. The summed E-state index contributed by atoms with van der Waals surface area (Å²) in [6.45, 7) is 3.82. The number of para-hydroxylation sites is 1. The minimum atomic E-state index is 0.709. The molecule has 0 aliphatic heterocycles. The van der Waals surface area contributed by atoms with Crippen molar-refractivity contribution in [2.45, 2.75) is 26.4 Å². The lowest BCUT2D eigenvalue weighted by Crippen LogP contribution is -2.09. The summed E-state index contributed by atoms with van der Waals surface area (Å²) in [6, 6.07) is 14.1. The molecule has 0 fully saturated rings. The van der Waals surface area contributed by atoms with Gasteiger partial charge in [0.2, 0.25) is 0 Å². The fourth-order valence-electron chi connectivity index (χ4n) is 2.34. The number of pyridine rings is 1. The van der Waals surface area contributed by atoms with Crippen molar-refractivity contribution in [3.8, 4) is 0 Å². The molecular formula is C16H18N4. The first-order valence-electron chi connectivity index (χ1n) is 6.97. The highest BCUT2D eigenvalue weighted by Gasteiger charge is 2.10. The predicted molar refractivity (Wildman–Crippen MR) is 81.6 cm³/mol. The van der Waals surface area contributed by atoms with Crippen molar-refractivity contribution in [2.75, 3.05) is 5.32 Å². The maximum atomic E-state index is 4.68. The van der Waals surface area contributed by atoms with Crippen LogP contribution in [-0.4, -0.2) is 14.5 Å². The fraction of sp³-hybridized carbons (Fsp3) is 0.250. The van der Waals surface area contributed by atoms with Gasteiger partial charge in [-0.1, -0.05) is 25.1 Å². The van der Waals surface area contributed by atoms with Crippen LogP contribution in [0.15, 0.2) is 48.7 Å². The predicted octanol–water partition coefficient (Wildman–Crippen LogP) is 3.45. The monoisotopic (exact) mass is 266 g/mol. The maximum Gasteiger partial charge on any atom is 0.160 e. The highest BCUT2D eigenvalue weighted by molar-refractivity contribution is 5.71. The zero-order chi connectivity index (χ0) is 13.8. The molecule has 20 heavy (non-hydrogen) atoms. The molecule has 0 saturated carbocycles. The number of rotatable bonds is 5. The van der Waals surface area contributed by atoms with E-state index in [0.29, 0.717) is 6.54 Å². The molecule has 0 atom stereocenters. The molecule has 1 aromatic carbocycles. The summed E-state index contributed by atoms with van der Waals surface area (Å²) in [7, 11) is 0. The Morgan fingerprint density at radius 2 is 1.95 bits per heavy atom. The Labute approximate surface area is 118 Å². The zero-order valence-electron chi connectivity index (χ0n) is 11.6. The van der Waals surface area contributed by atoms with Gasteiger partial charge in [-0.25, -0.2) is 9.97 Å². The number of imidazole rings is 1. The van der Waals surface area contributed by atoms with E-state index in [-0.39, 0.29) is 0 Å². The van der Waals surface area contributed by atoms with Gasteiger partial charge in [-0.2, -0.15) is 0 Å². The van der Waals surface area contributed by atoms with Crippen molar-refractivity contribution in [1.29, 1.82) is 0 Å². The number of aryl methyl sites for hydroxylation is 1. The smallest absolute Gasteiger partial charge is 0.160 e. The molecule has 2 heterocycles. The summed E-state index contributed by atoms with van der Waals surface area (Å²) in [6.07, 6.45) is 2.89. The van der Waals surface area contributed by atoms with Crippen molar-refractivity contribution < 1.29 is 0 Å². The first-order valence-corrected chi connectivity index (χ1v) is 6.97. The highest BCUT2D eigenvalue weighted by atomic mass is 15.1. The van der Waals surface area contributed by atoms with E-state index in [9.17, 15) is 0 Å². The number of benzene rings is 1. The molecule has 4 nitrogen and oxygen atoms in total. The highest BCUT2D eigenvalue weighted by Crippen LogP contribution is 2.15. The summed E-state index contributed by atoms with van der Waals surface area (Å²) < 4.78 is 2.20. The maximum absolute atomic E-state index is 4.68. The minimum absolute atomic E-state index is 0.709. The van der Waals surface area contributed by atoms with Crippen molar-refractivity contribution in [3.05, 3.63) is 54.5 Å². The van der Waals surface area contributed by atoms with Gasteiger partial charge in [0.25, 0.3) is 0 Å². The number of aromatic nitrogens is 3. The van der Waals surface area contributed by atoms with Crippen LogP contribution in [-0.2, 0) is 13.1 Å². The van der Waals surface area contributed by atoms with Crippen molar-refractivity contribution in [2.24, 2.45) is 0 Å². The third kappa shape index (κ3) is 2.50. The molecule has 4 heteroatoms. The summed E-state index contributed by atoms with van der Waals surface area (Å²) in [4.78, 5) is 9.13. The lowest BCUT2D eigenvalue weighted by molar-refractivity contribution is 0.656. The molecule has 0 bridgehead atoms. The quantitative estimate of drug-likeness (QED) is 0.769. The average Bonchev–Trinajstić information content (AvgIpc) is 2.85. The van der Waals surface area contributed by atoms with E-state index in [1.54, 1.807) is 0 Å². The lowest BCUT2D eigenvalue weighted by atomic mass is 10.3. The van der Waals surface area contributed by atoms with E-state index in [2.05, 4.69) is 38.9 Å². The summed E-state index contributed by atoms with van der Waals surface area (Å²) in [5.41, 5.74) is 3.04. The lowest BCUT2D eigenvalue weighted by Gasteiger charge is -2.09. The van der Waals surface area contributed by atoms with Gasteiger partial charge in [0.1, 0.15) is 11.3 Å². The molecule has 0 aliphatic carbocycles. The van der Waals surface area contributed by atoms with Crippen LogP contribution in [0.5, 0.6) is 0 Å². The van der Waals surface area contributed by atoms with Crippen LogP contribution in [0, 0.1) is 0 Å². The molecule has 0 amide bonds. The van der Waals surface area contributed by atoms with Crippen LogP contribution in [0.1, 0.15) is 19.2 Å². The summed E-state index contributed by atoms with van der Waals surface area (Å²) in [5, 5.41) is 3.41. The SMILES string of the molecule is CCCn1c(CNc2ccccc2)nc2cccnc21. The van der Waals surface area contributed by atoms with Crippen molar-refractivity contribution >= 4 is 16.9 Å². The van der Waals surface area contributed by atoms with Gasteiger partial charge in [-0.15, -0.1) is 0 Å². The van der Waals surface area contributed by atoms with Crippen LogP contribution in [0.3, 0.4) is 0 Å². The van der Waals surface area contributed by atoms with Gasteiger partial charge in [0.15, 0.2) is 5.65 Å². The largest absolute Gasteiger partial charge is 0.378 e. The van der Waals surface area contributed by atoms with E-state index < -0.39 is 0 Å². The Balaban J connectivity index is 1.88. The number of hydrogen-bond donors (Lipinski definition) is 1. The van der Waals surface area contributed by atoms with Crippen LogP contribution in [0.2, 0.25) is 0 Å². The Kier molecular flexibility index (Phi) is 3.63. The Morgan fingerprint density at radius 1 is 1.10 bits per heavy atom. The van der Waals surface area contributed by atoms with Crippen molar-refractivity contribution in [3.63, 3.8) is 0 Å². The fourth-order valence-corrected chi connectivity index (χ4v) is 2.34. The third-order valence-corrected chi connectivity index (χ3v) is 3.25. The molecule has 1 N–H and O–H groups in total. The van der Waals surface area contributed by atoms with E-state index in [0.717, 1.165) is 35.6 Å². The number of fused-ring (bicyclic) bond motifs is 1. The van der Waals surface area contributed by atoms with E-state index in [4.69, 9.17) is 0 Å². The normalized spacial score (nSPS) is 10.8. The second-order valence-electron chi connectivity index (χ2n) is 4.75. The van der Waals surface area contributed by atoms with Crippen LogP contribution < -0.4 is 5.32 Å². The molecule has 0 saturated heterocycles. The summed E-state index contributed by atoms with van der Waals surface area (Å²) in [5.74, 6) is 1.03. The average molecular weight is 266 g/mol. The van der Waals surface area contributed by atoms with Gasteiger partial charge in [0, 0.05) is 18.4 Å². The molecule has 0 unspecified atom stereocenters. The van der Waals surface area contributed by atoms with E-state index >= 15 is 0 Å².